The first-order valence-corrected chi connectivity index (χ1v) is 8.37. The highest BCUT2D eigenvalue weighted by molar-refractivity contribution is 5.97. The van der Waals surface area contributed by atoms with Gasteiger partial charge in [0.25, 0.3) is 0 Å². The molecule has 1 aliphatic heterocycles. The molecule has 3 heteroatoms. The fourth-order valence-corrected chi connectivity index (χ4v) is 3.56. The van der Waals surface area contributed by atoms with Gasteiger partial charge in [-0.2, -0.15) is 0 Å². The maximum atomic E-state index is 10.3. The van der Waals surface area contributed by atoms with Gasteiger partial charge in [0, 0.05) is 23.8 Å². The molecule has 0 saturated heterocycles. The number of likely N-dealkylation sites (N-methyl/N-ethyl adjacent to an activating group) is 1. The van der Waals surface area contributed by atoms with E-state index in [4.69, 9.17) is 0 Å². The Morgan fingerprint density at radius 1 is 1.08 bits per heavy atom. The first-order valence-electron chi connectivity index (χ1n) is 8.37. The molecule has 0 saturated carbocycles. The second-order valence-corrected chi connectivity index (χ2v) is 6.12. The van der Waals surface area contributed by atoms with E-state index in [0.717, 1.165) is 23.7 Å². The van der Waals surface area contributed by atoms with E-state index in [1.807, 2.05) is 36.5 Å². The Morgan fingerprint density at radius 2 is 1.88 bits per heavy atom. The van der Waals surface area contributed by atoms with Crippen LogP contribution in [0.3, 0.4) is 0 Å². The van der Waals surface area contributed by atoms with Crippen molar-refractivity contribution in [3.8, 4) is 5.75 Å². The van der Waals surface area contributed by atoms with E-state index < -0.39 is 0 Å². The van der Waals surface area contributed by atoms with Crippen LogP contribution in [-0.2, 0) is 6.42 Å². The van der Waals surface area contributed by atoms with Crippen LogP contribution in [0.4, 0.5) is 11.4 Å². The van der Waals surface area contributed by atoms with E-state index in [9.17, 15) is 5.11 Å². The molecule has 1 heterocycles. The number of rotatable bonds is 3. The highest BCUT2D eigenvalue weighted by Gasteiger charge is 2.26. The van der Waals surface area contributed by atoms with Crippen LogP contribution in [0.2, 0.25) is 0 Å². The van der Waals surface area contributed by atoms with Crippen molar-refractivity contribution >= 4 is 28.4 Å². The summed E-state index contributed by atoms with van der Waals surface area (Å²) in [5.41, 5.74) is 3.30. The average molecular weight is 316 g/mol. The van der Waals surface area contributed by atoms with Crippen molar-refractivity contribution in [2.45, 2.75) is 19.4 Å². The first kappa shape index (κ1) is 14.8. The van der Waals surface area contributed by atoms with E-state index in [2.05, 4.69) is 41.1 Å². The van der Waals surface area contributed by atoms with Crippen LogP contribution in [0.5, 0.6) is 5.75 Å². The van der Waals surface area contributed by atoms with E-state index in [-0.39, 0.29) is 11.8 Å². The zero-order valence-corrected chi connectivity index (χ0v) is 13.7. The summed E-state index contributed by atoms with van der Waals surface area (Å²) < 4.78 is 0. The molecule has 24 heavy (non-hydrogen) atoms. The molecule has 1 unspecified atom stereocenters. The Hall–Kier alpha value is -2.81. The van der Waals surface area contributed by atoms with Gasteiger partial charge in [-0.1, -0.05) is 48.5 Å². The molecule has 0 fully saturated rings. The fraction of sp³-hybridized carbons (Fsp3) is 0.190. The molecule has 4 rings (SSSR count). The first-order chi connectivity index (χ1) is 11.8. The molecule has 0 aromatic heterocycles. The van der Waals surface area contributed by atoms with Gasteiger partial charge in [0.1, 0.15) is 11.4 Å². The maximum absolute atomic E-state index is 10.3. The third-order valence-electron chi connectivity index (χ3n) is 4.73. The lowest BCUT2D eigenvalue weighted by Gasteiger charge is -2.23. The number of hydrogen-bond donors (Lipinski definition) is 1. The summed E-state index contributed by atoms with van der Waals surface area (Å²) in [4.78, 5) is 7.04. The minimum Gasteiger partial charge on any atom is -0.506 e. The predicted octanol–water partition coefficient (Wildman–Crippen LogP) is 4.70. The maximum Gasteiger partial charge on any atom is 0.141 e. The largest absolute Gasteiger partial charge is 0.506 e. The molecule has 1 atom stereocenters. The summed E-state index contributed by atoms with van der Waals surface area (Å²) in [6.45, 7) is 3.10. The Morgan fingerprint density at radius 3 is 2.75 bits per heavy atom. The molecule has 120 valence electrons. The van der Waals surface area contributed by atoms with Gasteiger partial charge in [0.05, 0.1) is 6.04 Å². The number of aromatic hydroxyl groups is 1. The Labute approximate surface area is 141 Å². The van der Waals surface area contributed by atoms with E-state index >= 15 is 0 Å². The van der Waals surface area contributed by atoms with Gasteiger partial charge in [-0.25, -0.2) is 0 Å². The SMILES string of the molecule is CCN1c2ccccc2CC1C=Nc1c(O)ccc2ccccc12. The van der Waals surface area contributed by atoms with Crippen LogP contribution >= 0.6 is 0 Å². The third-order valence-corrected chi connectivity index (χ3v) is 4.73. The summed E-state index contributed by atoms with van der Waals surface area (Å²) in [5.74, 6) is 0.225. The van der Waals surface area contributed by atoms with Gasteiger partial charge in [-0.3, -0.25) is 4.99 Å². The normalized spacial score (nSPS) is 16.9. The lowest BCUT2D eigenvalue weighted by atomic mass is 10.1. The van der Waals surface area contributed by atoms with Crippen LogP contribution in [-0.4, -0.2) is 23.9 Å². The Balaban J connectivity index is 1.71. The summed E-state index contributed by atoms with van der Waals surface area (Å²) in [7, 11) is 0. The number of para-hydroxylation sites is 1. The minimum atomic E-state index is 0.225. The molecule has 0 radical (unpaired) electrons. The topological polar surface area (TPSA) is 35.8 Å². The van der Waals surface area contributed by atoms with Gasteiger partial charge >= 0.3 is 0 Å². The predicted molar refractivity (Wildman–Crippen MR) is 101 cm³/mol. The van der Waals surface area contributed by atoms with Gasteiger partial charge < -0.3 is 10.0 Å². The van der Waals surface area contributed by atoms with Crippen LogP contribution in [0, 0.1) is 0 Å². The van der Waals surface area contributed by atoms with Gasteiger partial charge in [0.2, 0.25) is 0 Å². The highest BCUT2D eigenvalue weighted by Crippen LogP contribution is 2.36. The van der Waals surface area contributed by atoms with Crippen LogP contribution in [0.25, 0.3) is 10.8 Å². The lowest BCUT2D eigenvalue weighted by molar-refractivity contribution is 0.477. The quantitative estimate of drug-likeness (QED) is 0.711. The number of phenols is 1. The van der Waals surface area contributed by atoms with Gasteiger partial charge in [-0.05, 0) is 36.4 Å². The summed E-state index contributed by atoms with van der Waals surface area (Å²) in [5, 5.41) is 12.3. The molecular formula is C21H20N2O. The van der Waals surface area contributed by atoms with E-state index in [1.165, 1.54) is 11.3 Å². The number of nitrogens with zero attached hydrogens (tertiary/aromatic N) is 2. The molecule has 1 N–H and O–H groups in total. The minimum absolute atomic E-state index is 0.225. The fourth-order valence-electron chi connectivity index (χ4n) is 3.56. The Kier molecular flexibility index (Phi) is 3.69. The summed E-state index contributed by atoms with van der Waals surface area (Å²) in [6.07, 6.45) is 2.93. The van der Waals surface area contributed by atoms with E-state index in [1.54, 1.807) is 6.07 Å². The van der Waals surface area contributed by atoms with Crippen molar-refractivity contribution < 1.29 is 5.11 Å². The average Bonchev–Trinajstić information content (AvgIpc) is 2.98. The number of phenolic OH excluding ortho intramolecular Hbond substituents is 1. The summed E-state index contributed by atoms with van der Waals surface area (Å²) in [6, 6.07) is 20.4. The molecule has 3 nitrogen and oxygen atoms in total. The lowest BCUT2D eigenvalue weighted by Crippen LogP contribution is -2.32. The zero-order valence-electron chi connectivity index (χ0n) is 13.7. The number of fused-ring (bicyclic) bond motifs is 2. The second-order valence-electron chi connectivity index (χ2n) is 6.12. The smallest absolute Gasteiger partial charge is 0.141 e. The molecular weight excluding hydrogens is 296 g/mol. The van der Waals surface area contributed by atoms with Crippen LogP contribution < -0.4 is 4.90 Å². The standard InChI is InChI=1S/C21H20N2O/c1-2-23-17(13-16-8-4-6-10-19(16)23)14-22-21-18-9-5-3-7-15(18)11-12-20(21)24/h3-12,14,17,24H,2,13H2,1H3. The number of hydrogen-bond acceptors (Lipinski definition) is 3. The van der Waals surface area contributed by atoms with Gasteiger partial charge in [0.15, 0.2) is 0 Å². The molecule has 3 aromatic rings. The molecule has 0 aliphatic carbocycles. The number of benzene rings is 3. The van der Waals surface area contributed by atoms with Crippen molar-refractivity contribution in [3.63, 3.8) is 0 Å². The van der Waals surface area contributed by atoms with Crippen LogP contribution in [0.15, 0.2) is 65.7 Å². The Bertz CT molecular complexity index is 917. The monoisotopic (exact) mass is 316 g/mol. The van der Waals surface area contributed by atoms with Crippen molar-refractivity contribution in [2.75, 3.05) is 11.4 Å². The van der Waals surface area contributed by atoms with Crippen LogP contribution in [0.1, 0.15) is 12.5 Å². The molecule has 0 bridgehead atoms. The zero-order chi connectivity index (χ0) is 16.5. The number of anilines is 1. The summed E-state index contributed by atoms with van der Waals surface area (Å²) >= 11 is 0. The molecule has 0 spiro atoms. The van der Waals surface area contributed by atoms with Crippen molar-refractivity contribution in [2.24, 2.45) is 4.99 Å². The van der Waals surface area contributed by atoms with Gasteiger partial charge in [-0.15, -0.1) is 0 Å². The second kappa shape index (κ2) is 6.00. The molecule has 1 aliphatic rings. The number of aliphatic imine (C=N–C) groups is 1. The molecule has 0 amide bonds. The van der Waals surface area contributed by atoms with Crippen molar-refractivity contribution in [3.05, 3.63) is 66.2 Å². The van der Waals surface area contributed by atoms with E-state index in [0.29, 0.717) is 5.69 Å². The van der Waals surface area contributed by atoms with Crippen molar-refractivity contribution in [1.29, 1.82) is 0 Å². The molecule has 3 aromatic carbocycles. The van der Waals surface area contributed by atoms with Crippen molar-refractivity contribution in [1.82, 2.24) is 0 Å². The third kappa shape index (κ3) is 2.42. The highest BCUT2D eigenvalue weighted by atomic mass is 16.3.